The third-order valence-electron chi connectivity index (χ3n) is 8.22. The van der Waals surface area contributed by atoms with Crippen LogP contribution in [0.3, 0.4) is 0 Å². The molecule has 5 nitrogen and oxygen atoms in total. The van der Waals surface area contributed by atoms with Gasteiger partial charge in [0.1, 0.15) is 0 Å². The highest BCUT2D eigenvalue weighted by atomic mass is 14.9. The van der Waals surface area contributed by atoms with Crippen LogP contribution in [0.1, 0.15) is 0 Å². The molecule has 0 spiro atoms. The summed E-state index contributed by atoms with van der Waals surface area (Å²) in [6.07, 6.45) is 3.69. The summed E-state index contributed by atoms with van der Waals surface area (Å²) in [5.74, 6) is 0.669. The first-order valence-corrected chi connectivity index (χ1v) is 15.8. The minimum Gasteiger partial charge on any atom is -0.254 e. The molecule has 0 fully saturated rings. The van der Waals surface area contributed by atoms with Gasteiger partial charge in [-0.25, -0.2) is 15.0 Å². The van der Waals surface area contributed by atoms with E-state index >= 15 is 0 Å². The molecular weight excluding hydrogens is 587 g/mol. The van der Waals surface area contributed by atoms with E-state index in [1.807, 2.05) is 116 Å². The Kier molecular flexibility index (Phi) is 7.83. The first-order valence-electron chi connectivity index (χ1n) is 15.8. The van der Waals surface area contributed by atoms with E-state index in [-0.39, 0.29) is 0 Å². The van der Waals surface area contributed by atoms with Crippen LogP contribution in [0.4, 0.5) is 0 Å². The second kappa shape index (κ2) is 13.0. The van der Waals surface area contributed by atoms with Crippen LogP contribution in [0.25, 0.3) is 78.9 Å². The standard InChI is InChI=1S/C43H29N5/c1-5-14-30(15-6-1)35-26-40(46-41(27-35)42-36(22-13-25-44-42)31-16-7-2-8-17-31)37-24-23-34(29-45-37)39-28-38(32-18-9-3-10-19-32)47-43(48-39)33-20-11-4-12-21-33/h1-29H. The zero-order valence-corrected chi connectivity index (χ0v) is 26.0. The van der Waals surface area contributed by atoms with Crippen molar-refractivity contribution in [2.45, 2.75) is 0 Å². The first kappa shape index (κ1) is 28.9. The van der Waals surface area contributed by atoms with Gasteiger partial charge < -0.3 is 0 Å². The van der Waals surface area contributed by atoms with Crippen LogP contribution >= 0.6 is 0 Å². The molecule has 4 heterocycles. The van der Waals surface area contributed by atoms with Crippen molar-refractivity contribution in [3.63, 3.8) is 0 Å². The maximum Gasteiger partial charge on any atom is 0.160 e. The lowest BCUT2D eigenvalue weighted by Crippen LogP contribution is -1.97. The zero-order valence-electron chi connectivity index (χ0n) is 26.0. The average molecular weight is 616 g/mol. The zero-order chi connectivity index (χ0) is 32.1. The van der Waals surface area contributed by atoms with Gasteiger partial charge in [-0.3, -0.25) is 9.97 Å². The van der Waals surface area contributed by atoms with Gasteiger partial charge >= 0.3 is 0 Å². The van der Waals surface area contributed by atoms with E-state index in [1.54, 1.807) is 0 Å². The molecule has 48 heavy (non-hydrogen) atoms. The Bertz CT molecular complexity index is 2250. The lowest BCUT2D eigenvalue weighted by molar-refractivity contribution is 1.17. The predicted octanol–water partition coefficient (Wildman–Crippen LogP) is 10.3. The van der Waals surface area contributed by atoms with E-state index in [9.17, 15) is 0 Å². The Labute approximate surface area is 279 Å². The van der Waals surface area contributed by atoms with Crippen molar-refractivity contribution in [1.29, 1.82) is 0 Å². The molecule has 0 unspecified atom stereocenters. The van der Waals surface area contributed by atoms with E-state index in [2.05, 4.69) is 60.7 Å². The van der Waals surface area contributed by atoms with Crippen LogP contribution in [0.2, 0.25) is 0 Å². The summed E-state index contributed by atoms with van der Waals surface area (Å²) < 4.78 is 0. The van der Waals surface area contributed by atoms with Crippen molar-refractivity contribution in [3.8, 4) is 78.9 Å². The maximum absolute atomic E-state index is 5.14. The van der Waals surface area contributed by atoms with Crippen molar-refractivity contribution in [2.24, 2.45) is 0 Å². The van der Waals surface area contributed by atoms with Gasteiger partial charge in [0.2, 0.25) is 0 Å². The molecule has 0 amide bonds. The number of nitrogens with zero attached hydrogens (tertiary/aromatic N) is 5. The molecule has 0 aliphatic carbocycles. The quantitative estimate of drug-likeness (QED) is 0.178. The Morgan fingerprint density at radius 1 is 0.312 bits per heavy atom. The van der Waals surface area contributed by atoms with Crippen molar-refractivity contribution in [2.75, 3.05) is 0 Å². The summed E-state index contributed by atoms with van der Waals surface area (Å²) in [6.45, 7) is 0. The predicted molar refractivity (Wildman–Crippen MR) is 193 cm³/mol. The minimum absolute atomic E-state index is 0.669. The fourth-order valence-corrected chi connectivity index (χ4v) is 5.81. The highest BCUT2D eigenvalue weighted by molar-refractivity contribution is 5.83. The van der Waals surface area contributed by atoms with Crippen molar-refractivity contribution in [1.82, 2.24) is 24.9 Å². The lowest BCUT2D eigenvalue weighted by Gasteiger charge is -2.13. The van der Waals surface area contributed by atoms with E-state index < -0.39 is 0 Å². The highest BCUT2D eigenvalue weighted by Crippen LogP contribution is 2.34. The molecule has 0 atom stereocenters. The fourth-order valence-electron chi connectivity index (χ4n) is 5.81. The van der Waals surface area contributed by atoms with Crippen molar-refractivity contribution < 1.29 is 0 Å². The summed E-state index contributed by atoms with van der Waals surface area (Å²) in [5, 5.41) is 0. The molecule has 5 heteroatoms. The highest BCUT2D eigenvalue weighted by Gasteiger charge is 2.16. The summed E-state index contributed by atoms with van der Waals surface area (Å²) in [6, 6.07) is 55.3. The van der Waals surface area contributed by atoms with Crippen molar-refractivity contribution in [3.05, 3.63) is 176 Å². The Hall–Kier alpha value is -6.59. The van der Waals surface area contributed by atoms with Crippen LogP contribution in [0, 0.1) is 0 Å². The third-order valence-corrected chi connectivity index (χ3v) is 8.22. The van der Waals surface area contributed by atoms with E-state index in [0.717, 1.165) is 73.1 Å². The monoisotopic (exact) mass is 615 g/mol. The third kappa shape index (κ3) is 6.00. The average Bonchev–Trinajstić information content (AvgIpc) is 3.19. The number of pyridine rings is 3. The molecule has 0 aliphatic rings. The van der Waals surface area contributed by atoms with E-state index in [4.69, 9.17) is 24.9 Å². The number of aromatic nitrogens is 5. The smallest absolute Gasteiger partial charge is 0.160 e. The SMILES string of the molecule is c1ccc(-c2cc(-c3ccc(-c4cc(-c5ccccc5)nc(-c5ccccc5)n4)cn3)nc(-c3ncccc3-c3ccccc3)c2)cc1. The van der Waals surface area contributed by atoms with Gasteiger partial charge in [-0.15, -0.1) is 0 Å². The molecule has 226 valence electrons. The molecular formula is C43H29N5. The van der Waals surface area contributed by atoms with Crippen LogP contribution in [0.5, 0.6) is 0 Å². The van der Waals surface area contributed by atoms with Gasteiger partial charge in [-0.2, -0.15) is 0 Å². The number of hydrogen-bond donors (Lipinski definition) is 0. The van der Waals surface area contributed by atoms with Crippen LogP contribution in [-0.4, -0.2) is 24.9 Å². The molecule has 0 bridgehead atoms. The summed E-state index contributed by atoms with van der Waals surface area (Å²) in [5.41, 5.74) is 11.9. The molecule has 4 aromatic carbocycles. The first-order chi connectivity index (χ1) is 23.8. The van der Waals surface area contributed by atoms with Crippen LogP contribution in [-0.2, 0) is 0 Å². The summed E-state index contributed by atoms with van der Waals surface area (Å²) in [4.78, 5) is 24.8. The molecule has 0 saturated heterocycles. The van der Waals surface area contributed by atoms with Gasteiger partial charge in [0, 0.05) is 34.6 Å². The van der Waals surface area contributed by atoms with Gasteiger partial charge in [0.25, 0.3) is 0 Å². The van der Waals surface area contributed by atoms with Gasteiger partial charge in [0.05, 0.1) is 34.2 Å². The van der Waals surface area contributed by atoms with E-state index in [0.29, 0.717) is 5.82 Å². The van der Waals surface area contributed by atoms with Crippen LogP contribution in [0.15, 0.2) is 176 Å². The van der Waals surface area contributed by atoms with Gasteiger partial charge in [-0.1, -0.05) is 127 Å². The largest absolute Gasteiger partial charge is 0.254 e. The molecule has 0 radical (unpaired) electrons. The Balaban J connectivity index is 1.23. The second-order valence-electron chi connectivity index (χ2n) is 11.4. The van der Waals surface area contributed by atoms with E-state index in [1.165, 1.54) is 0 Å². The number of benzene rings is 4. The number of hydrogen-bond acceptors (Lipinski definition) is 5. The maximum atomic E-state index is 5.14. The molecule has 0 N–H and O–H groups in total. The number of rotatable bonds is 7. The molecule has 0 aliphatic heterocycles. The van der Waals surface area contributed by atoms with Crippen molar-refractivity contribution >= 4 is 0 Å². The normalized spacial score (nSPS) is 10.9. The topological polar surface area (TPSA) is 64.5 Å². The molecule has 8 aromatic rings. The summed E-state index contributed by atoms with van der Waals surface area (Å²) >= 11 is 0. The Morgan fingerprint density at radius 3 is 1.54 bits per heavy atom. The fraction of sp³-hybridized carbons (Fsp3) is 0. The molecule has 4 aromatic heterocycles. The van der Waals surface area contributed by atoms with Crippen LogP contribution < -0.4 is 0 Å². The molecule has 8 rings (SSSR count). The minimum atomic E-state index is 0.669. The summed E-state index contributed by atoms with van der Waals surface area (Å²) in [7, 11) is 0. The van der Waals surface area contributed by atoms with Gasteiger partial charge in [0.15, 0.2) is 5.82 Å². The Morgan fingerprint density at radius 2 is 0.896 bits per heavy atom. The second-order valence-corrected chi connectivity index (χ2v) is 11.4. The van der Waals surface area contributed by atoms with Gasteiger partial charge in [-0.05, 0) is 53.1 Å². The molecule has 0 saturated carbocycles. The lowest BCUT2D eigenvalue weighted by atomic mass is 9.98.